The summed E-state index contributed by atoms with van der Waals surface area (Å²) >= 11 is 0. The molecule has 2 fully saturated rings. The number of fused-ring (bicyclic) bond motifs is 1. The van der Waals surface area contributed by atoms with Crippen LogP contribution in [0.4, 0.5) is 11.5 Å². The predicted octanol–water partition coefficient (Wildman–Crippen LogP) is 4.79. The molecular formula is C30H35N7O2. The predicted molar refractivity (Wildman–Crippen MR) is 153 cm³/mol. The molecule has 202 valence electrons. The number of ether oxygens (including phenoxy) is 1. The molecule has 2 aromatic carbocycles. The van der Waals surface area contributed by atoms with Crippen LogP contribution in [-0.2, 0) is 0 Å². The number of benzene rings is 2. The van der Waals surface area contributed by atoms with Crippen LogP contribution in [-0.4, -0.2) is 69.5 Å². The molecule has 1 aliphatic heterocycles. The van der Waals surface area contributed by atoms with Gasteiger partial charge in [-0.1, -0.05) is 24.3 Å². The molecule has 3 N–H and O–H groups in total. The lowest BCUT2D eigenvalue weighted by Gasteiger charge is -2.41. The highest BCUT2D eigenvalue weighted by molar-refractivity contribution is 6.14. The maximum Gasteiger partial charge on any atom is 0.258 e. The molecule has 0 unspecified atom stereocenters. The van der Waals surface area contributed by atoms with Crippen molar-refractivity contribution < 1.29 is 9.53 Å². The first-order valence-electron chi connectivity index (χ1n) is 13.7. The molecule has 1 saturated carbocycles. The third-order valence-corrected chi connectivity index (χ3v) is 8.07. The third kappa shape index (κ3) is 5.46. The number of hydrogen-bond acceptors (Lipinski definition) is 7. The molecule has 0 radical (unpaired) electrons. The lowest BCUT2D eigenvalue weighted by atomic mass is 9.89. The summed E-state index contributed by atoms with van der Waals surface area (Å²) in [5.41, 5.74) is 8.14. The molecule has 9 heteroatoms. The number of piperazine rings is 1. The first kappa shape index (κ1) is 25.3. The van der Waals surface area contributed by atoms with E-state index in [9.17, 15) is 4.79 Å². The number of nitrogens with one attached hydrogen (secondary N) is 1. The van der Waals surface area contributed by atoms with Crippen LogP contribution in [0, 0.1) is 0 Å². The van der Waals surface area contributed by atoms with E-state index in [4.69, 9.17) is 10.5 Å². The smallest absolute Gasteiger partial charge is 0.258 e. The number of carbonyl (C=O) groups is 1. The molecule has 39 heavy (non-hydrogen) atoms. The molecule has 9 nitrogen and oxygen atoms in total. The zero-order valence-electron chi connectivity index (χ0n) is 22.3. The van der Waals surface area contributed by atoms with Crippen molar-refractivity contribution in [2.75, 3.05) is 44.3 Å². The largest absolute Gasteiger partial charge is 0.457 e. The van der Waals surface area contributed by atoms with Crippen molar-refractivity contribution in [2.24, 2.45) is 0 Å². The van der Waals surface area contributed by atoms with Gasteiger partial charge in [-0.15, -0.1) is 0 Å². The number of hydrogen-bond donors (Lipinski definition) is 2. The Balaban J connectivity index is 1.20. The zero-order chi connectivity index (χ0) is 26.8. The summed E-state index contributed by atoms with van der Waals surface area (Å²) < 4.78 is 8.09. The van der Waals surface area contributed by atoms with Crippen LogP contribution < -0.4 is 15.8 Å². The summed E-state index contributed by atoms with van der Waals surface area (Å²) in [6.07, 6.45) is 7.77. The van der Waals surface area contributed by atoms with Gasteiger partial charge < -0.3 is 25.3 Å². The van der Waals surface area contributed by atoms with Gasteiger partial charge in [0.1, 0.15) is 29.3 Å². The van der Waals surface area contributed by atoms with E-state index in [2.05, 4.69) is 36.7 Å². The van der Waals surface area contributed by atoms with Crippen molar-refractivity contribution in [3.05, 3.63) is 72.7 Å². The number of nitrogens with zero attached hydrogens (tertiary/aromatic N) is 5. The molecule has 1 amide bonds. The topological polar surface area (TPSA) is 102 Å². The van der Waals surface area contributed by atoms with Gasteiger partial charge in [-0.3, -0.25) is 9.69 Å². The van der Waals surface area contributed by atoms with Crippen LogP contribution in [0.1, 0.15) is 42.1 Å². The molecule has 1 aliphatic carbocycles. The highest BCUT2D eigenvalue weighted by Crippen LogP contribution is 2.36. The second-order valence-corrected chi connectivity index (χ2v) is 10.6. The fourth-order valence-corrected chi connectivity index (χ4v) is 5.91. The first-order chi connectivity index (χ1) is 19.0. The Hall–Kier alpha value is -3.95. The van der Waals surface area contributed by atoms with Gasteiger partial charge in [-0.25, -0.2) is 9.97 Å². The van der Waals surface area contributed by atoms with E-state index in [0.717, 1.165) is 63.3 Å². The average Bonchev–Trinajstić information content (AvgIpc) is 3.36. The summed E-state index contributed by atoms with van der Waals surface area (Å²) in [5.74, 6) is 1.44. The quantitative estimate of drug-likeness (QED) is 0.373. The van der Waals surface area contributed by atoms with E-state index in [1.54, 1.807) is 0 Å². The lowest BCUT2D eigenvalue weighted by Crippen LogP contribution is -2.49. The Kier molecular flexibility index (Phi) is 7.17. The SMILES string of the molecule is CN1CCN(C2CCC(n3cc(C(=O)Nc4cccc(Oc5ccccc5)c4)c4c(N)ncnc43)CC2)CC1. The standard InChI is InChI=1S/C30H35N7O2/c1-35-14-16-36(17-15-35)22-10-12-23(13-11-22)37-19-26(27-28(31)32-20-33-29(27)37)30(38)34-21-6-5-9-25(18-21)39-24-7-3-2-4-8-24/h2-9,18-20,22-23H,10-17H2,1H3,(H,34,38)(H2,31,32,33). The zero-order valence-corrected chi connectivity index (χ0v) is 22.3. The van der Waals surface area contributed by atoms with E-state index in [0.29, 0.717) is 34.2 Å². The summed E-state index contributed by atoms with van der Waals surface area (Å²) in [6, 6.07) is 17.8. The number of amides is 1. The van der Waals surface area contributed by atoms with Gasteiger partial charge in [0, 0.05) is 56.2 Å². The molecule has 1 saturated heterocycles. The number of carbonyl (C=O) groups excluding carboxylic acids is 1. The molecule has 4 aromatic rings. The molecule has 3 heterocycles. The van der Waals surface area contributed by atoms with E-state index < -0.39 is 0 Å². The number of anilines is 2. The monoisotopic (exact) mass is 525 g/mol. The van der Waals surface area contributed by atoms with Crippen LogP contribution in [0.25, 0.3) is 11.0 Å². The second-order valence-electron chi connectivity index (χ2n) is 10.6. The number of nitrogen functional groups attached to an aromatic ring is 1. The average molecular weight is 526 g/mol. The van der Waals surface area contributed by atoms with E-state index in [-0.39, 0.29) is 11.9 Å². The van der Waals surface area contributed by atoms with Crippen LogP contribution in [0.3, 0.4) is 0 Å². The first-order valence-corrected chi connectivity index (χ1v) is 13.7. The minimum atomic E-state index is -0.247. The van der Waals surface area contributed by atoms with Gasteiger partial charge in [-0.2, -0.15) is 0 Å². The fraction of sp³-hybridized carbons (Fsp3) is 0.367. The van der Waals surface area contributed by atoms with Crippen LogP contribution in [0.15, 0.2) is 67.1 Å². The summed E-state index contributed by atoms with van der Waals surface area (Å²) in [4.78, 5) is 27.4. The van der Waals surface area contributed by atoms with Crippen molar-refractivity contribution in [3.8, 4) is 11.5 Å². The highest BCUT2D eigenvalue weighted by Gasteiger charge is 2.30. The fourth-order valence-electron chi connectivity index (χ4n) is 5.91. The van der Waals surface area contributed by atoms with Crippen molar-refractivity contribution in [1.82, 2.24) is 24.3 Å². The van der Waals surface area contributed by atoms with E-state index in [1.807, 2.05) is 60.8 Å². The Bertz CT molecular complexity index is 1440. The Morgan fingerprint density at radius 1 is 0.923 bits per heavy atom. The normalized spacial score (nSPS) is 20.6. The third-order valence-electron chi connectivity index (χ3n) is 8.07. The Labute approximate surface area is 228 Å². The molecule has 2 aromatic heterocycles. The van der Waals surface area contributed by atoms with E-state index >= 15 is 0 Å². The van der Waals surface area contributed by atoms with Crippen molar-refractivity contribution in [1.29, 1.82) is 0 Å². The Morgan fingerprint density at radius 2 is 1.64 bits per heavy atom. The van der Waals surface area contributed by atoms with Crippen molar-refractivity contribution in [2.45, 2.75) is 37.8 Å². The van der Waals surface area contributed by atoms with Gasteiger partial charge in [0.25, 0.3) is 5.91 Å². The molecule has 0 atom stereocenters. The van der Waals surface area contributed by atoms with E-state index in [1.165, 1.54) is 6.33 Å². The van der Waals surface area contributed by atoms with Crippen LogP contribution in [0.5, 0.6) is 11.5 Å². The number of nitrogens with two attached hydrogens (primary N) is 1. The summed E-state index contributed by atoms with van der Waals surface area (Å²) in [7, 11) is 2.20. The van der Waals surface area contributed by atoms with Gasteiger partial charge in [-0.05, 0) is 57.0 Å². The van der Waals surface area contributed by atoms with Gasteiger partial charge in [0.2, 0.25) is 0 Å². The van der Waals surface area contributed by atoms with Gasteiger partial charge >= 0.3 is 0 Å². The molecular weight excluding hydrogens is 490 g/mol. The van der Waals surface area contributed by atoms with Crippen molar-refractivity contribution in [3.63, 3.8) is 0 Å². The minimum Gasteiger partial charge on any atom is -0.457 e. The lowest BCUT2D eigenvalue weighted by molar-refractivity contribution is 0.0827. The summed E-state index contributed by atoms with van der Waals surface area (Å²) in [5, 5.41) is 3.62. The second kappa shape index (κ2) is 11.0. The number of aromatic nitrogens is 3. The van der Waals surface area contributed by atoms with Crippen LogP contribution in [0.2, 0.25) is 0 Å². The van der Waals surface area contributed by atoms with Gasteiger partial charge in [0.15, 0.2) is 0 Å². The summed E-state index contributed by atoms with van der Waals surface area (Å²) in [6.45, 7) is 4.56. The maximum absolute atomic E-state index is 13.5. The highest BCUT2D eigenvalue weighted by atomic mass is 16.5. The minimum absolute atomic E-state index is 0.247. The van der Waals surface area contributed by atoms with Gasteiger partial charge in [0.05, 0.1) is 10.9 Å². The number of para-hydroxylation sites is 1. The molecule has 2 aliphatic rings. The number of likely N-dealkylation sites (N-methyl/N-ethyl adjacent to an activating group) is 1. The molecule has 0 bridgehead atoms. The molecule has 6 rings (SSSR count). The Morgan fingerprint density at radius 3 is 2.41 bits per heavy atom. The number of rotatable bonds is 6. The maximum atomic E-state index is 13.5. The van der Waals surface area contributed by atoms with Crippen LogP contribution >= 0.6 is 0 Å². The molecule has 0 spiro atoms. The van der Waals surface area contributed by atoms with Crippen molar-refractivity contribution >= 4 is 28.4 Å².